The summed E-state index contributed by atoms with van der Waals surface area (Å²) >= 11 is 1.45. The Bertz CT molecular complexity index is 1030. The molecule has 0 saturated carbocycles. The molecule has 0 fully saturated rings. The molecule has 0 spiro atoms. The SMILES string of the molecule is CSCC[C@H](NS(=O)(=O)c1ccccc1)C(=O)O[C@H](C)C(=O)Nc1ccc(C#N)cc1. The molecule has 0 aliphatic heterocycles. The van der Waals surface area contributed by atoms with Crippen molar-refractivity contribution in [3.05, 3.63) is 60.2 Å². The van der Waals surface area contributed by atoms with E-state index < -0.39 is 34.0 Å². The monoisotopic (exact) mass is 461 g/mol. The number of benzene rings is 2. The highest BCUT2D eigenvalue weighted by Gasteiger charge is 2.29. The summed E-state index contributed by atoms with van der Waals surface area (Å²) in [6.07, 6.45) is 0.888. The van der Waals surface area contributed by atoms with E-state index in [4.69, 9.17) is 10.00 Å². The van der Waals surface area contributed by atoms with Crippen LogP contribution < -0.4 is 10.0 Å². The van der Waals surface area contributed by atoms with Crippen molar-refractivity contribution in [2.24, 2.45) is 0 Å². The number of ether oxygens (including phenoxy) is 1. The standard InChI is InChI=1S/C21H23N3O5S2/c1-15(20(25)23-17-10-8-16(14-22)9-11-17)29-21(26)19(12-13-30-2)24-31(27,28)18-6-4-3-5-7-18/h3-11,15,19,24H,12-13H2,1-2H3,(H,23,25)/t15-,19+/m1/s1. The first kappa shape index (κ1) is 24.4. The summed E-state index contributed by atoms with van der Waals surface area (Å²) in [7, 11) is -3.93. The number of carbonyl (C=O) groups is 2. The molecule has 1 amide bonds. The van der Waals surface area contributed by atoms with Gasteiger partial charge in [-0.2, -0.15) is 21.7 Å². The van der Waals surface area contributed by atoms with E-state index in [0.717, 1.165) is 0 Å². The van der Waals surface area contributed by atoms with Crippen LogP contribution in [0.4, 0.5) is 5.69 Å². The van der Waals surface area contributed by atoms with Crippen LogP contribution in [0, 0.1) is 11.3 Å². The van der Waals surface area contributed by atoms with E-state index in [2.05, 4.69) is 10.0 Å². The fourth-order valence-corrected chi connectivity index (χ4v) is 4.21. The molecule has 2 N–H and O–H groups in total. The predicted molar refractivity (Wildman–Crippen MR) is 119 cm³/mol. The summed E-state index contributed by atoms with van der Waals surface area (Å²) in [5.41, 5.74) is 0.885. The van der Waals surface area contributed by atoms with Crippen LogP contribution in [0.15, 0.2) is 59.5 Å². The fraction of sp³-hybridized carbons (Fsp3) is 0.286. The van der Waals surface area contributed by atoms with Crippen molar-refractivity contribution >= 4 is 39.3 Å². The predicted octanol–water partition coefficient (Wildman–Crippen LogP) is 2.53. The molecule has 8 nitrogen and oxygen atoms in total. The lowest BCUT2D eigenvalue weighted by Gasteiger charge is -2.20. The lowest BCUT2D eigenvalue weighted by molar-refractivity contribution is -0.154. The zero-order valence-electron chi connectivity index (χ0n) is 17.1. The van der Waals surface area contributed by atoms with Crippen LogP contribution in [-0.4, -0.2) is 44.4 Å². The fourth-order valence-electron chi connectivity index (χ4n) is 2.50. The molecular weight excluding hydrogens is 438 g/mol. The number of esters is 1. The molecule has 2 rings (SSSR count). The number of nitrogens with one attached hydrogen (secondary N) is 2. The van der Waals surface area contributed by atoms with Crippen LogP contribution in [0.5, 0.6) is 0 Å². The van der Waals surface area contributed by atoms with Crippen molar-refractivity contribution in [1.82, 2.24) is 4.72 Å². The van der Waals surface area contributed by atoms with Gasteiger partial charge in [0.25, 0.3) is 5.91 Å². The van der Waals surface area contributed by atoms with Gasteiger partial charge in [-0.3, -0.25) is 9.59 Å². The Hall–Kier alpha value is -2.87. The van der Waals surface area contributed by atoms with Crippen molar-refractivity contribution in [3.8, 4) is 6.07 Å². The molecule has 2 aromatic rings. The van der Waals surface area contributed by atoms with Crippen LogP contribution in [0.25, 0.3) is 0 Å². The molecule has 10 heteroatoms. The molecule has 2 aromatic carbocycles. The number of nitrogens with zero attached hydrogens (tertiary/aromatic N) is 1. The summed E-state index contributed by atoms with van der Waals surface area (Å²) in [6, 6.07) is 14.7. The topological polar surface area (TPSA) is 125 Å². The molecule has 0 bridgehead atoms. The van der Waals surface area contributed by atoms with Crippen LogP contribution in [0.3, 0.4) is 0 Å². The van der Waals surface area contributed by atoms with Crippen LogP contribution >= 0.6 is 11.8 Å². The molecule has 31 heavy (non-hydrogen) atoms. The number of anilines is 1. The van der Waals surface area contributed by atoms with Gasteiger partial charge in [0.15, 0.2) is 6.10 Å². The quantitative estimate of drug-likeness (QED) is 0.521. The van der Waals surface area contributed by atoms with E-state index in [1.54, 1.807) is 42.5 Å². The van der Waals surface area contributed by atoms with E-state index in [-0.39, 0.29) is 11.3 Å². The normalized spacial score (nSPS) is 12.9. The first-order chi connectivity index (χ1) is 14.8. The minimum atomic E-state index is -3.93. The van der Waals surface area contributed by atoms with Gasteiger partial charge in [-0.25, -0.2) is 8.42 Å². The Labute approximate surface area is 186 Å². The summed E-state index contributed by atoms with van der Waals surface area (Å²) < 4.78 is 32.8. The van der Waals surface area contributed by atoms with Crippen molar-refractivity contribution in [2.45, 2.75) is 30.4 Å². The van der Waals surface area contributed by atoms with Gasteiger partial charge in [-0.05, 0) is 61.8 Å². The highest BCUT2D eigenvalue weighted by molar-refractivity contribution is 7.98. The Morgan fingerprint density at radius 1 is 1.13 bits per heavy atom. The Morgan fingerprint density at radius 3 is 2.35 bits per heavy atom. The number of thioether (sulfide) groups is 1. The Balaban J connectivity index is 2.04. The van der Waals surface area contributed by atoms with Crippen LogP contribution in [0.2, 0.25) is 0 Å². The van der Waals surface area contributed by atoms with E-state index >= 15 is 0 Å². The number of nitriles is 1. The second-order valence-corrected chi connectivity index (χ2v) is 9.23. The maximum Gasteiger partial charge on any atom is 0.324 e. The third-order valence-corrected chi connectivity index (χ3v) is 6.32. The molecule has 2 atom stereocenters. The van der Waals surface area contributed by atoms with Gasteiger partial charge in [0.2, 0.25) is 10.0 Å². The lowest BCUT2D eigenvalue weighted by atomic mass is 10.2. The van der Waals surface area contributed by atoms with Crippen molar-refractivity contribution in [1.29, 1.82) is 5.26 Å². The van der Waals surface area contributed by atoms with Crippen molar-refractivity contribution < 1.29 is 22.7 Å². The summed E-state index contributed by atoms with van der Waals surface area (Å²) in [6.45, 7) is 1.40. The minimum absolute atomic E-state index is 0.0311. The van der Waals surface area contributed by atoms with Gasteiger partial charge in [0, 0.05) is 5.69 Å². The zero-order chi connectivity index (χ0) is 22.9. The molecule has 0 aliphatic rings. The van der Waals surface area contributed by atoms with Crippen molar-refractivity contribution in [3.63, 3.8) is 0 Å². The van der Waals surface area contributed by atoms with Crippen LogP contribution in [0.1, 0.15) is 18.9 Å². The number of amides is 1. The van der Waals surface area contributed by atoms with Gasteiger partial charge >= 0.3 is 5.97 Å². The zero-order valence-corrected chi connectivity index (χ0v) is 18.7. The van der Waals surface area contributed by atoms with Gasteiger partial charge in [-0.1, -0.05) is 18.2 Å². The van der Waals surface area contributed by atoms with Gasteiger partial charge in [-0.15, -0.1) is 0 Å². The molecule has 0 saturated heterocycles. The average molecular weight is 462 g/mol. The average Bonchev–Trinajstić information content (AvgIpc) is 2.77. The van der Waals surface area contributed by atoms with Crippen LogP contribution in [-0.2, 0) is 24.3 Å². The lowest BCUT2D eigenvalue weighted by Crippen LogP contribution is -2.44. The Kier molecular flexibility index (Phi) is 9.05. The smallest absolute Gasteiger partial charge is 0.324 e. The molecule has 0 heterocycles. The second-order valence-electron chi connectivity index (χ2n) is 6.53. The summed E-state index contributed by atoms with van der Waals surface area (Å²) in [4.78, 5) is 25.0. The van der Waals surface area contributed by atoms with Gasteiger partial charge < -0.3 is 10.1 Å². The van der Waals surface area contributed by atoms with E-state index in [0.29, 0.717) is 17.0 Å². The largest absolute Gasteiger partial charge is 0.451 e. The van der Waals surface area contributed by atoms with E-state index in [1.165, 1.54) is 30.8 Å². The molecule has 164 valence electrons. The Morgan fingerprint density at radius 2 is 1.77 bits per heavy atom. The molecule has 0 unspecified atom stereocenters. The summed E-state index contributed by atoms with van der Waals surface area (Å²) in [5.74, 6) is -0.897. The molecular formula is C21H23N3O5S2. The third-order valence-electron chi connectivity index (χ3n) is 4.19. The minimum Gasteiger partial charge on any atom is -0.451 e. The maximum absolute atomic E-state index is 12.6. The number of rotatable bonds is 10. The molecule has 0 aromatic heterocycles. The van der Waals surface area contributed by atoms with E-state index in [9.17, 15) is 18.0 Å². The molecule has 0 aliphatic carbocycles. The van der Waals surface area contributed by atoms with Gasteiger partial charge in [0.1, 0.15) is 6.04 Å². The van der Waals surface area contributed by atoms with Crippen molar-refractivity contribution in [2.75, 3.05) is 17.3 Å². The van der Waals surface area contributed by atoms with E-state index in [1.807, 2.05) is 12.3 Å². The summed E-state index contributed by atoms with van der Waals surface area (Å²) in [5, 5.41) is 11.4. The second kappa shape index (κ2) is 11.5. The first-order valence-corrected chi connectivity index (χ1v) is 12.2. The van der Waals surface area contributed by atoms with Gasteiger partial charge in [0.05, 0.1) is 16.5 Å². The highest BCUT2D eigenvalue weighted by atomic mass is 32.2. The molecule has 0 radical (unpaired) electrons. The number of hydrogen-bond donors (Lipinski definition) is 2. The number of carbonyl (C=O) groups excluding carboxylic acids is 2. The highest BCUT2D eigenvalue weighted by Crippen LogP contribution is 2.13. The third kappa shape index (κ3) is 7.40. The number of sulfonamides is 1. The number of hydrogen-bond acceptors (Lipinski definition) is 7. The first-order valence-electron chi connectivity index (χ1n) is 9.34. The maximum atomic E-state index is 12.6.